The van der Waals surface area contributed by atoms with Crippen LogP contribution in [0.3, 0.4) is 0 Å². The van der Waals surface area contributed by atoms with E-state index >= 15 is 0 Å². The van der Waals surface area contributed by atoms with Crippen LogP contribution >= 0.6 is 11.8 Å². The first-order valence-corrected chi connectivity index (χ1v) is 10.2. The summed E-state index contributed by atoms with van der Waals surface area (Å²) >= 11 is 1.69. The van der Waals surface area contributed by atoms with Crippen LogP contribution in [-0.4, -0.2) is 39.7 Å². The van der Waals surface area contributed by atoms with Crippen LogP contribution in [0.1, 0.15) is 38.5 Å². The Labute approximate surface area is 153 Å². The Hall–Kier alpha value is -1.49. The summed E-state index contributed by atoms with van der Waals surface area (Å²) in [7, 11) is 0. The molecule has 1 amide bonds. The quantitative estimate of drug-likeness (QED) is 0.872. The van der Waals surface area contributed by atoms with E-state index in [9.17, 15) is 14.7 Å². The van der Waals surface area contributed by atoms with Crippen molar-refractivity contribution in [3.8, 4) is 0 Å². The predicted molar refractivity (Wildman–Crippen MR) is 97.4 cm³/mol. The van der Waals surface area contributed by atoms with Gasteiger partial charge in [0.05, 0.1) is 10.7 Å². The minimum absolute atomic E-state index is 0.154. The van der Waals surface area contributed by atoms with Crippen molar-refractivity contribution in [3.05, 3.63) is 30.3 Å². The van der Waals surface area contributed by atoms with Crippen molar-refractivity contribution in [2.45, 2.75) is 48.2 Å². The fraction of sp³-hybridized carbons (Fsp3) is 0.600. The molecule has 1 aromatic carbocycles. The van der Waals surface area contributed by atoms with Gasteiger partial charge in [-0.2, -0.15) is 0 Å². The molecule has 1 heterocycles. The molecule has 0 bridgehead atoms. The fourth-order valence-electron chi connectivity index (χ4n) is 4.57. The lowest BCUT2D eigenvalue weighted by atomic mass is 9.92. The second kappa shape index (κ2) is 6.67. The molecule has 0 spiro atoms. The molecule has 3 aliphatic rings. The van der Waals surface area contributed by atoms with Gasteiger partial charge in [0.2, 0.25) is 5.91 Å². The molecule has 25 heavy (non-hydrogen) atoms. The summed E-state index contributed by atoms with van der Waals surface area (Å²) in [5.41, 5.74) is 0. The van der Waals surface area contributed by atoms with E-state index in [1.165, 1.54) is 0 Å². The molecule has 2 saturated carbocycles. The Bertz CT molecular complexity index is 652. The predicted octanol–water partition coefficient (Wildman–Crippen LogP) is 3.66. The molecule has 3 fully saturated rings. The summed E-state index contributed by atoms with van der Waals surface area (Å²) < 4.78 is -0.400. The van der Waals surface area contributed by atoms with E-state index in [4.69, 9.17) is 0 Å². The van der Waals surface area contributed by atoms with Crippen LogP contribution < -0.4 is 0 Å². The molecule has 1 N–H and O–H groups in total. The molecule has 4 nitrogen and oxygen atoms in total. The third-order valence-corrected chi connectivity index (χ3v) is 7.54. The first-order valence-electron chi connectivity index (χ1n) is 9.35. The second-order valence-electron chi connectivity index (χ2n) is 7.77. The van der Waals surface area contributed by atoms with E-state index in [0.29, 0.717) is 19.0 Å². The van der Waals surface area contributed by atoms with Crippen LogP contribution in [0.25, 0.3) is 0 Å². The van der Waals surface area contributed by atoms with Gasteiger partial charge in [-0.3, -0.25) is 9.59 Å². The van der Waals surface area contributed by atoms with E-state index in [1.807, 2.05) is 23.1 Å². The van der Waals surface area contributed by atoms with Crippen LogP contribution in [0.5, 0.6) is 0 Å². The second-order valence-corrected chi connectivity index (χ2v) is 9.23. The van der Waals surface area contributed by atoms with Crippen LogP contribution in [0.15, 0.2) is 35.2 Å². The maximum Gasteiger partial charge on any atom is 0.308 e. The van der Waals surface area contributed by atoms with Crippen molar-refractivity contribution in [1.29, 1.82) is 0 Å². The molecular formula is C20H25NO3S. The molecule has 1 saturated heterocycles. The lowest BCUT2D eigenvalue weighted by molar-refractivity contribution is -0.142. The van der Waals surface area contributed by atoms with Crippen LogP contribution in [0.4, 0.5) is 0 Å². The van der Waals surface area contributed by atoms with E-state index in [2.05, 4.69) is 12.1 Å². The molecule has 5 heteroatoms. The Morgan fingerprint density at radius 1 is 1.08 bits per heavy atom. The maximum atomic E-state index is 13.4. The summed E-state index contributed by atoms with van der Waals surface area (Å²) in [6, 6.07) is 10.1. The van der Waals surface area contributed by atoms with Gasteiger partial charge < -0.3 is 10.0 Å². The first kappa shape index (κ1) is 17.0. The number of carbonyl (C=O) groups is 2. The number of carboxylic acids is 1. The SMILES string of the molecule is O=C(O)[C@H]1CN(C(=O)C2(Sc3ccccc3)CCCC2)C[C@@H]1C1CC1. The Kier molecular flexibility index (Phi) is 4.52. The standard InChI is InChI=1S/C20H25NO3S/c22-18(23)17-13-21(12-16(17)14-8-9-14)19(24)20(10-4-5-11-20)25-15-6-2-1-3-7-15/h1-3,6-7,14,16-17H,4-5,8-13H2,(H,22,23)/t16-,17+/m1/s1. The number of carboxylic acid groups (broad SMARTS) is 1. The number of aliphatic carboxylic acids is 1. The maximum absolute atomic E-state index is 13.4. The van der Waals surface area contributed by atoms with Crippen LogP contribution in [0.2, 0.25) is 0 Å². The Balaban J connectivity index is 1.54. The van der Waals surface area contributed by atoms with Gasteiger partial charge in [-0.05, 0) is 49.7 Å². The highest BCUT2D eigenvalue weighted by molar-refractivity contribution is 8.01. The molecule has 0 radical (unpaired) electrons. The minimum Gasteiger partial charge on any atom is -0.481 e. The Morgan fingerprint density at radius 3 is 2.36 bits per heavy atom. The van der Waals surface area contributed by atoms with Gasteiger partial charge >= 0.3 is 5.97 Å². The van der Waals surface area contributed by atoms with Crippen molar-refractivity contribution in [2.75, 3.05) is 13.1 Å². The number of thioether (sulfide) groups is 1. The molecule has 134 valence electrons. The van der Waals surface area contributed by atoms with E-state index in [1.54, 1.807) is 11.8 Å². The van der Waals surface area contributed by atoms with Crippen molar-refractivity contribution < 1.29 is 14.7 Å². The van der Waals surface area contributed by atoms with Gasteiger partial charge in [0.25, 0.3) is 0 Å². The highest BCUT2D eigenvalue weighted by Crippen LogP contribution is 2.49. The number of carbonyl (C=O) groups excluding carboxylic acids is 1. The Morgan fingerprint density at radius 2 is 1.76 bits per heavy atom. The molecule has 2 atom stereocenters. The molecule has 0 unspecified atom stereocenters. The molecule has 0 aromatic heterocycles. The monoisotopic (exact) mass is 359 g/mol. The minimum atomic E-state index is -0.733. The molecule has 1 aromatic rings. The summed E-state index contributed by atoms with van der Waals surface area (Å²) in [5.74, 6) is -0.268. The summed E-state index contributed by atoms with van der Waals surface area (Å²) in [5, 5.41) is 9.58. The summed E-state index contributed by atoms with van der Waals surface area (Å²) in [6.45, 7) is 1.03. The number of amides is 1. The van der Waals surface area contributed by atoms with E-state index in [-0.39, 0.29) is 17.7 Å². The van der Waals surface area contributed by atoms with Crippen molar-refractivity contribution in [1.82, 2.24) is 4.90 Å². The lowest BCUT2D eigenvalue weighted by Gasteiger charge is -2.32. The zero-order valence-corrected chi connectivity index (χ0v) is 15.2. The molecule has 4 rings (SSSR count). The van der Waals surface area contributed by atoms with Crippen LogP contribution in [0, 0.1) is 17.8 Å². The largest absolute Gasteiger partial charge is 0.481 e. The molecule has 2 aliphatic carbocycles. The third kappa shape index (κ3) is 3.31. The average molecular weight is 359 g/mol. The number of benzene rings is 1. The van der Waals surface area contributed by atoms with Crippen molar-refractivity contribution in [3.63, 3.8) is 0 Å². The number of hydrogen-bond donors (Lipinski definition) is 1. The summed E-state index contributed by atoms with van der Waals surface area (Å²) in [6.07, 6.45) is 6.20. The summed E-state index contributed by atoms with van der Waals surface area (Å²) in [4.78, 5) is 28.1. The van der Waals surface area contributed by atoms with Gasteiger partial charge in [-0.15, -0.1) is 11.8 Å². The van der Waals surface area contributed by atoms with Crippen LogP contribution in [-0.2, 0) is 9.59 Å². The zero-order chi connectivity index (χ0) is 17.4. The number of hydrogen-bond acceptors (Lipinski definition) is 3. The smallest absolute Gasteiger partial charge is 0.308 e. The van der Waals surface area contributed by atoms with E-state index < -0.39 is 10.7 Å². The van der Waals surface area contributed by atoms with Gasteiger partial charge in [0, 0.05) is 18.0 Å². The fourth-order valence-corrected chi connectivity index (χ4v) is 6.02. The average Bonchev–Trinajstić information content (AvgIpc) is 3.18. The number of likely N-dealkylation sites (tertiary alicyclic amines) is 1. The van der Waals surface area contributed by atoms with Gasteiger partial charge in [0.15, 0.2) is 0 Å². The van der Waals surface area contributed by atoms with Gasteiger partial charge in [0.1, 0.15) is 0 Å². The number of nitrogens with zero attached hydrogens (tertiary/aromatic N) is 1. The van der Waals surface area contributed by atoms with Gasteiger partial charge in [-0.1, -0.05) is 31.0 Å². The first-order chi connectivity index (χ1) is 12.1. The normalized spacial score (nSPS) is 28.2. The molecule has 1 aliphatic heterocycles. The van der Waals surface area contributed by atoms with E-state index in [0.717, 1.165) is 43.4 Å². The van der Waals surface area contributed by atoms with Crippen molar-refractivity contribution >= 4 is 23.6 Å². The molecular weight excluding hydrogens is 334 g/mol. The highest BCUT2D eigenvalue weighted by atomic mass is 32.2. The number of rotatable bonds is 5. The zero-order valence-electron chi connectivity index (χ0n) is 14.4. The third-order valence-electron chi connectivity index (χ3n) is 6.05. The van der Waals surface area contributed by atoms with Crippen molar-refractivity contribution in [2.24, 2.45) is 17.8 Å². The lowest BCUT2D eigenvalue weighted by Crippen LogP contribution is -2.44. The van der Waals surface area contributed by atoms with Gasteiger partial charge in [-0.25, -0.2) is 0 Å². The topological polar surface area (TPSA) is 57.6 Å². The highest BCUT2D eigenvalue weighted by Gasteiger charge is 2.51.